The summed E-state index contributed by atoms with van der Waals surface area (Å²) in [6.07, 6.45) is 2.70. The van der Waals surface area contributed by atoms with Gasteiger partial charge in [-0.3, -0.25) is 5.73 Å². The zero-order chi connectivity index (χ0) is 6.20. The van der Waals surface area contributed by atoms with Gasteiger partial charge in [-0.25, -0.2) is 0 Å². The molecule has 0 saturated carbocycles. The molecule has 1 rings (SSSR count). The Morgan fingerprint density at radius 3 is 2.75 bits per heavy atom. The number of nitrogens with two attached hydrogens (primary N) is 1. The predicted molar refractivity (Wildman–Crippen MR) is 35.3 cm³/mol. The first kappa shape index (κ1) is 6.11. The fraction of sp³-hybridized carbons (Fsp3) is 0.600. The Kier molecular flexibility index (Phi) is 1.33. The van der Waals surface area contributed by atoms with Gasteiger partial charge in [0.2, 0.25) is 0 Å². The highest BCUT2D eigenvalue weighted by Crippen LogP contribution is 2.26. The second kappa shape index (κ2) is 1.74. The molecule has 1 aliphatic rings. The highest BCUT2D eigenvalue weighted by atomic mass is 79.9. The number of halogens is 1. The maximum absolute atomic E-state index is 5.56. The molecule has 3 heteroatoms. The SMILES string of the molecule is CC1(N)CC=C(Br)O1. The van der Waals surface area contributed by atoms with Gasteiger partial charge in [0, 0.05) is 6.42 Å². The van der Waals surface area contributed by atoms with Gasteiger partial charge in [-0.1, -0.05) is 0 Å². The molecule has 0 bridgehead atoms. The average Bonchev–Trinajstić information content (AvgIpc) is 1.82. The van der Waals surface area contributed by atoms with E-state index < -0.39 is 5.72 Å². The van der Waals surface area contributed by atoms with E-state index in [0.29, 0.717) is 0 Å². The van der Waals surface area contributed by atoms with Gasteiger partial charge in [-0.05, 0) is 28.9 Å². The Balaban J connectivity index is 2.55. The molecule has 0 spiro atoms. The first-order valence-corrected chi connectivity index (χ1v) is 3.23. The van der Waals surface area contributed by atoms with Gasteiger partial charge in [-0.15, -0.1) is 0 Å². The molecule has 2 N–H and O–H groups in total. The van der Waals surface area contributed by atoms with Crippen molar-refractivity contribution >= 4 is 15.9 Å². The molecule has 1 aliphatic heterocycles. The van der Waals surface area contributed by atoms with E-state index >= 15 is 0 Å². The molecule has 1 unspecified atom stereocenters. The van der Waals surface area contributed by atoms with Crippen LogP contribution in [0.4, 0.5) is 0 Å². The highest BCUT2D eigenvalue weighted by molar-refractivity contribution is 9.11. The zero-order valence-electron chi connectivity index (χ0n) is 4.65. The van der Waals surface area contributed by atoms with E-state index in [1.54, 1.807) is 0 Å². The van der Waals surface area contributed by atoms with E-state index in [4.69, 9.17) is 10.5 Å². The lowest BCUT2D eigenvalue weighted by Gasteiger charge is -2.17. The fourth-order valence-electron chi connectivity index (χ4n) is 0.589. The first-order chi connectivity index (χ1) is 3.60. The van der Waals surface area contributed by atoms with Gasteiger partial charge in [0.25, 0.3) is 0 Å². The van der Waals surface area contributed by atoms with Crippen LogP contribution in [0.15, 0.2) is 10.7 Å². The van der Waals surface area contributed by atoms with Crippen LogP contribution < -0.4 is 5.73 Å². The molecule has 0 aromatic carbocycles. The predicted octanol–water partition coefficient (Wildman–Crippen LogP) is 1.32. The van der Waals surface area contributed by atoms with Crippen LogP contribution in [-0.2, 0) is 4.74 Å². The molecule has 0 saturated heterocycles. The third-order valence-corrected chi connectivity index (χ3v) is 1.48. The third-order valence-electron chi connectivity index (χ3n) is 0.999. The van der Waals surface area contributed by atoms with Crippen molar-refractivity contribution in [3.05, 3.63) is 10.7 Å². The summed E-state index contributed by atoms with van der Waals surface area (Å²) >= 11 is 3.17. The Bertz CT molecular complexity index is 130. The van der Waals surface area contributed by atoms with E-state index in [1.165, 1.54) is 0 Å². The van der Waals surface area contributed by atoms with Crippen molar-refractivity contribution in [1.29, 1.82) is 0 Å². The summed E-state index contributed by atoms with van der Waals surface area (Å²) in [5, 5.41) is 0. The van der Waals surface area contributed by atoms with Gasteiger partial charge in [-0.2, -0.15) is 0 Å². The summed E-state index contributed by atoms with van der Waals surface area (Å²) in [4.78, 5) is 0. The van der Waals surface area contributed by atoms with Crippen LogP contribution in [0.3, 0.4) is 0 Å². The lowest BCUT2D eigenvalue weighted by Crippen LogP contribution is -2.34. The molecule has 8 heavy (non-hydrogen) atoms. The zero-order valence-corrected chi connectivity index (χ0v) is 6.23. The molecule has 0 aromatic rings. The average molecular weight is 178 g/mol. The Hall–Kier alpha value is -0.0200. The lowest BCUT2D eigenvalue weighted by atomic mass is 10.2. The molecule has 2 nitrogen and oxygen atoms in total. The van der Waals surface area contributed by atoms with Gasteiger partial charge >= 0.3 is 0 Å². The molecule has 0 fully saturated rings. The third kappa shape index (κ3) is 1.23. The maximum Gasteiger partial charge on any atom is 0.161 e. The molecule has 0 radical (unpaired) electrons. The smallest absolute Gasteiger partial charge is 0.161 e. The summed E-state index contributed by atoms with van der Waals surface area (Å²) in [6, 6.07) is 0. The van der Waals surface area contributed by atoms with E-state index in [-0.39, 0.29) is 0 Å². The number of ether oxygens (including phenoxy) is 1. The molecular weight excluding hydrogens is 170 g/mol. The largest absolute Gasteiger partial charge is 0.467 e. The van der Waals surface area contributed by atoms with Crippen LogP contribution in [0.2, 0.25) is 0 Å². The quantitative estimate of drug-likeness (QED) is 0.607. The van der Waals surface area contributed by atoms with Crippen molar-refractivity contribution < 1.29 is 4.74 Å². The van der Waals surface area contributed by atoms with Crippen molar-refractivity contribution in [3.63, 3.8) is 0 Å². The van der Waals surface area contributed by atoms with E-state index in [9.17, 15) is 0 Å². The molecule has 1 atom stereocenters. The van der Waals surface area contributed by atoms with E-state index in [2.05, 4.69) is 15.9 Å². The Morgan fingerprint density at radius 2 is 2.62 bits per heavy atom. The summed E-state index contributed by atoms with van der Waals surface area (Å²) in [7, 11) is 0. The van der Waals surface area contributed by atoms with Crippen LogP contribution in [0.5, 0.6) is 0 Å². The maximum atomic E-state index is 5.56. The second-order valence-corrected chi connectivity index (χ2v) is 2.91. The normalized spacial score (nSPS) is 36.6. The van der Waals surface area contributed by atoms with Crippen molar-refractivity contribution in [2.75, 3.05) is 0 Å². The van der Waals surface area contributed by atoms with Gasteiger partial charge in [0.15, 0.2) is 10.4 Å². The second-order valence-electron chi connectivity index (χ2n) is 2.13. The molecule has 0 aliphatic carbocycles. The highest BCUT2D eigenvalue weighted by Gasteiger charge is 2.24. The van der Waals surface area contributed by atoms with Crippen molar-refractivity contribution in [1.82, 2.24) is 0 Å². The summed E-state index contributed by atoms with van der Waals surface area (Å²) in [6.45, 7) is 1.84. The lowest BCUT2D eigenvalue weighted by molar-refractivity contribution is 0.0655. The molecule has 0 amide bonds. The topological polar surface area (TPSA) is 35.2 Å². The van der Waals surface area contributed by atoms with Crippen LogP contribution >= 0.6 is 15.9 Å². The van der Waals surface area contributed by atoms with Gasteiger partial charge in [0.1, 0.15) is 0 Å². The molecule has 1 heterocycles. The summed E-state index contributed by atoms with van der Waals surface area (Å²) < 4.78 is 5.86. The monoisotopic (exact) mass is 177 g/mol. The minimum Gasteiger partial charge on any atom is -0.467 e. The van der Waals surface area contributed by atoms with Gasteiger partial charge in [0.05, 0.1) is 0 Å². The molecule has 46 valence electrons. The molecule has 0 aromatic heterocycles. The summed E-state index contributed by atoms with van der Waals surface area (Å²) in [5.41, 5.74) is 5.09. The van der Waals surface area contributed by atoms with Crippen LogP contribution in [0.1, 0.15) is 13.3 Å². The Morgan fingerprint density at radius 1 is 2.00 bits per heavy atom. The van der Waals surface area contributed by atoms with Crippen molar-refractivity contribution in [3.8, 4) is 0 Å². The standard InChI is InChI=1S/C5H8BrNO/c1-5(7)3-2-4(6)8-5/h2H,3,7H2,1H3. The van der Waals surface area contributed by atoms with Crippen molar-refractivity contribution in [2.24, 2.45) is 5.73 Å². The number of rotatable bonds is 0. The van der Waals surface area contributed by atoms with Gasteiger partial charge < -0.3 is 4.74 Å². The fourth-order valence-corrected chi connectivity index (χ4v) is 1.12. The van der Waals surface area contributed by atoms with Crippen LogP contribution in [0.25, 0.3) is 0 Å². The number of hydrogen-bond acceptors (Lipinski definition) is 2. The first-order valence-electron chi connectivity index (χ1n) is 2.44. The van der Waals surface area contributed by atoms with E-state index in [1.807, 2.05) is 13.0 Å². The number of hydrogen-bond donors (Lipinski definition) is 1. The summed E-state index contributed by atoms with van der Waals surface area (Å²) in [5.74, 6) is 0. The van der Waals surface area contributed by atoms with Crippen LogP contribution in [0, 0.1) is 0 Å². The Labute approximate surface area is 56.8 Å². The van der Waals surface area contributed by atoms with E-state index in [0.717, 1.165) is 11.1 Å². The minimum atomic E-state index is -0.473. The van der Waals surface area contributed by atoms with Crippen LogP contribution in [-0.4, -0.2) is 5.72 Å². The molecular formula is C5H8BrNO. The van der Waals surface area contributed by atoms with Crippen molar-refractivity contribution in [2.45, 2.75) is 19.1 Å². The minimum absolute atomic E-state index is 0.473.